The molecule has 1 aromatic rings. The minimum atomic E-state index is -3.51. The zero-order valence-electron chi connectivity index (χ0n) is 10.9. The molecule has 1 aliphatic rings. The van der Waals surface area contributed by atoms with Crippen molar-refractivity contribution in [2.45, 2.75) is 18.1 Å². The number of hydrogen-bond donors (Lipinski definition) is 1. The van der Waals surface area contributed by atoms with Gasteiger partial charge in [-0.05, 0) is 30.5 Å². The standard InChI is InChI=1S/C13H19NO4S/c1-17-12-4-2-10(3-5-12)8-11-9-18-7-6-13(11)19(14,15)16/h2-5,11,13H,6-9H2,1H3,(H2,14,15,16)/t11-,13+/m0/s1. The number of primary sulfonamides is 1. The Labute approximate surface area is 113 Å². The summed E-state index contributed by atoms with van der Waals surface area (Å²) in [6.07, 6.45) is 1.12. The van der Waals surface area contributed by atoms with E-state index in [1.165, 1.54) is 0 Å². The van der Waals surface area contributed by atoms with Gasteiger partial charge < -0.3 is 9.47 Å². The zero-order chi connectivity index (χ0) is 13.9. The van der Waals surface area contributed by atoms with Gasteiger partial charge in [0.05, 0.1) is 19.0 Å². The highest BCUT2D eigenvalue weighted by atomic mass is 32.2. The summed E-state index contributed by atoms with van der Waals surface area (Å²) in [5, 5.41) is 4.79. The number of benzene rings is 1. The summed E-state index contributed by atoms with van der Waals surface area (Å²) < 4.78 is 33.7. The van der Waals surface area contributed by atoms with Crippen LogP contribution in [0, 0.1) is 5.92 Å². The summed E-state index contributed by atoms with van der Waals surface area (Å²) in [7, 11) is -1.90. The van der Waals surface area contributed by atoms with Gasteiger partial charge in [-0.2, -0.15) is 0 Å². The quantitative estimate of drug-likeness (QED) is 0.892. The lowest BCUT2D eigenvalue weighted by Gasteiger charge is -2.29. The molecule has 1 aliphatic heterocycles. The molecule has 1 heterocycles. The van der Waals surface area contributed by atoms with Crippen molar-refractivity contribution in [3.63, 3.8) is 0 Å². The molecule has 2 N–H and O–H groups in total. The minimum Gasteiger partial charge on any atom is -0.497 e. The van der Waals surface area contributed by atoms with Crippen molar-refractivity contribution >= 4 is 10.0 Å². The minimum absolute atomic E-state index is 0.0860. The maximum Gasteiger partial charge on any atom is 0.212 e. The van der Waals surface area contributed by atoms with Crippen LogP contribution >= 0.6 is 0 Å². The van der Waals surface area contributed by atoms with Gasteiger partial charge in [0.2, 0.25) is 10.0 Å². The van der Waals surface area contributed by atoms with Crippen molar-refractivity contribution in [1.29, 1.82) is 0 Å². The maximum absolute atomic E-state index is 11.6. The molecule has 0 bridgehead atoms. The Morgan fingerprint density at radius 3 is 2.63 bits per heavy atom. The number of sulfonamides is 1. The van der Waals surface area contributed by atoms with E-state index < -0.39 is 15.3 Å². The Bertz CT molecular complexity index is 512. The SMILES string of the molecule is COc1ccc(C[C@H]2COCC[C@H]2S(N)(=O)=O)cc1. The molecular weight excluding hydrogens is 266 g/mol. The van der Waals surface area contributed by atoms with E-state index in [4.69, 9.17) is 14.6 Å². The smallest absolute Gasteiger partial charge is 0.212 e. The Morgan fingerprint density at radius 1 is 1.37 bits per heavy atom. The van der Waals surface area contributed by atoms with Crippen molar-refractivity contribution < 1.29 is 17.9 Å². The first-order chi connectivity index (χ1) is 9.00. The normalized spacial score (nSPS) is 24.1. The van der Waals surface area contributed by atoms with Crippen LogP contribution in [0.4, 0.5) is 0 Å². The number of nitrogens with two attached hydrogens (primary N) is 1. The van der Waals surface area contributed by atoms with Crippen molar-refractivity contribution in [2.75, 3.05) is 20.3 Å². The molecule has 0 saturated carbocycles. The summed E-state index contributed by atoms with van der Waals surface area (Å²) in [5.41, 5.74) is 1.06. The van der Waals surface area contributed by atoms with Crippen LogP contribution in [0.25, 0.3) is 0 Å². The second kappa shape index (κ2) is 5.90. The average Bonchev–Trinajstić information content (AvgIpc) is 2.39. The van der Waals surface area contributed by atoms with Gasteiger partial charge in [0.1, 0.15) is 5.75 Å². The van der Waals surface area contributed by atoms with Gasteiger partial charge in [-0.3, -0.25) is 0 Å². The monoisotopic (exact) mass is 285 g/mol. The number of hydrogen-bond acceptors (Lipinski definition) is 4. The van der Waals surface area contributed by atoms with Crippen LogP contribution in [-0.4, -0.2) is 34.0 Å². The average molecular weight is 285 g/mol. The van der Waals surface area contributed by atoms with Crippen molar-refractivity contribution in [3.8, 4) is 5.75 Å². The molecule has 0 aromatic heterocycles. The first-order valence-electron chi connectivity index (χ1n) is 6.23. The fourth-order valence-corrected chi connectivity index (χ4v) is 3.60. The maximum atomic E-state index is 11.6. The second-order valence-electron chi connectivity index (χ2n) is 4.80. The predicted molar refractivity (Wildman–Crippen MR) is 72.5 cm³/mol. The summed E-state index contributed by atoms with van der Waals surface area (Å²) >= 11 is 0. The van der Waals surface area contributed by atoms with Crippen LogP contribution in [0.3, 0.4) is 0 Å². The lowest BCUT2D eigenvalue weighted by atomic mass is 9.93. The molecule has 0 amide bonds. The van der Waals surface area contributed by atoms with E-state index >= 15 is 0 Å². The van der Waals surface area contributed by atoms with E-state index in [0.717, 1.165) is 11.3 Å². The molecule has 0 radical (unpaired) electrons. The van der Waals surface area contributed by atoms with E-state index in [-0.39, 0.29) is 5.92 Å². The van der Waals surface area contributed by atoms with Crippen molar-refractivity contribution in [1.82, 2.24) is 0 Å². The largest absolute Gasteiger partial charge is 0.497 e. The summed E-state index contributed by atoms with van der Waals surface area (Å²) in [4.78, 5) is 0. The second-order valence-corrected chi connectivity index (χ2v) is 6.59. The third kappa shape index (κ3) is 3.68. The summed E-state index contributed by atoms with van der Waals surface area (Å²) in [6, 6.07) is 7.61. The highest BCUT2D eigenvalue weighted by molar-refractivity contribution is 7.89. The van der Waals surface area contributed by atoms with E-state index in [1.807, 2.05) is 24.3 Å². The van der Waals surface area contributed by atoms with Crippen LogP contribution in [0.5, 0.6) is 5.75 Å². The molecule has 106 valence electrons. The van der Waals surface area contributed by atoms with Gasteiger partial charge >= 0.3 is 0 Å². The van der Waals surface area contributed by atoms with Crippen molar-refractivity contribution in [2.24, 2.45) is 11.1 Å². The summed E-state index contributed by atoms with van der Waals surface area (Å²) in [6.45, 7) is 0.896. The molecule has 1 saturated heterocycles. The third-order valence-corrected chi connectivity index (χ3v) is 4.95. The molecule has 2 atom stereocenters. The molecule has 1 fully saturated rings. The van der Waals surface area contributed by atoms with Crippen LogP contribution in [-0.2, 0) is 21.2 Å². The van der Waals surface area contributed by atoms with E-state index in [1.54, 1.807) is 7.11 Å². The molecule has 0 unspecified atom stereocenters. The summed E-state index contributed by atoms with van der Waals surface area (Å²) in [5.74, 6) is 0.698. The molecule has 0 spiro atoms. The van der Waals surface area contributed by atoms with Crippen LogP contribution in [0.15, 0.2) is 24.3 Å². The Hall–Kier alpha value is -1.11. The van der Waals surface area contributed by atoms with E-state index in [0.29, 0.717) is 26.1 Å². The Balaban J connectivity index is 2.10. The van der Waals surface area contributed by atoms with Crippen LogP contribution in [0.2, 0.25) is 0 Å². The molecule has 19 heavy (non-hydrogen) atoms. The molecule has 0 aliphatic carbocycles. The molecule has 2 rings (SSSR count). The topological polar surface area (TPSA) is 78.6 Å². The van der Waals surface area contributed by atoms with Crippen LogP contribution in [0.1, 0.15) is 12.0 Å². The number of rotatable bonds is 4. The predicted octanol–water partition coefficient (Wildman–Crippen LogP) is 0.931. The molecule has 5 nitrogen and oxygen atoms in total. The van der Waals surface area contributed by atoms with Gasteiger partial charge in [-0.25, -0.2) is 13.6 Å². The highest BCUT2D eigenvalue weighted by Crippen LogP contribution is 2.25. The fourth-order valence-electron chi connectivity index (χ4n) is 2.46. The van der Waals surface area contributed by atoms with E-state index in [9.17, 15) is 8.42 Å². The van der Waals surface area contributed by atoms with Crippen LogP contribution < -0.4 is 9.88 Å². The molecule has 1 aromatic carbocycles. The zero-order valence-corrected chi connectivity index (χ0v) is 11.7. The molecular formula is C13H19NO4S. The molecule has 6 heteroatoms. The lowest BCUT2D eigenvalue weighted by molar-refractivity contribution is 0.0572. The lowest BCUT2D eigenvalue weighted by Crippen LogP contribution is -2.42. The number of methoxy groups -OCH3 is 1. The van der Waals surface area contributed by atoms with E-state index in [2.05, 4.69) is 0 Å². The Kier molecular flexibility index (Phi) is 4.44. The number of ether oxygens (including phenoxy) is 2. The Morgan fingerprint density at radius 2 is 2.05 bits per heavy atom. The fraction of sp³-hybridized carbons (Fsp3) is 0.538. The first kappa shape index (κ1) is 14.3. The van der Waals surface area contributed by atoms with Gasteiger partial charge in [-0.1, -0.05) is 12.1 Å². The van der Waals surface area contributed by atoms with Gasteiger partial charge in [0.15, 0.2) is 0 Å². The van der Waals surface area contributed by atoms with Gasteiger partial charge in [0.25, 0.3) is 0 Å². The first-order valence-corrected chi connectivity index (χ1v) is 7.84. The third-order valence-electron chi connectivity index (χ3n) is 3.48. The van der Waals surface area contributed by atoms with Crippen molar-refractivity contribution in [3.05, 3.63) is 29.8 Å². The highest BCUT2D eigenvalue weighted by Gasteiger charge is 2.33. The van der Waals surface area contributed by atoms with Gasteiger partial charge in [0, 0.05) is 12.5 Å². The van der Waals surface area contributed by atoms with Gasteiger partial charge in [-0.15, -0.1) is 0 Å².